The molecule has 21 heavy (non-hydrogen) atoms. The Hall–Kier alpha value is -1.83. The largest absolute Gasteiger partial charge is 0.395 e. The number of ether oxygens (including phenoxy) is 1. The Morgan fingerprint density at radius 3 is 2.86 bits per heavy atom. The molecule has 4 nitrogen and oxygen atoms in total. The van der Waals surface area contributed by atoms with Gasteiger partial charge in [-0.2, -0.15) is 0 Å². The van der Waals surface area contributed by atoms with Crippen LogP contribution in [0.3, 0.4) is 0 Å². The van der Waals surface area contributed by atoms with Crippen molar-refractivity contribution < 1.29 is 14.6 Å². The molecule has 0 aromatic heterocycles. The molecule has 0 radical (unpaired) electrons. The van der Waals surface area contributed by atoms with Gasteiger partial charge in [-0.05, 0) is 31.0 Å². The summed E-state index contributed by atoms with van der Waals surface area (Å²) in [5, 5.41) is 8.80. The van der Waals surface area contributed by atoms with Gasteiger partial charge in [0.15, 0.2) is 0 Å². The summed E-state index contributed by atoms with van der Waals surface area (Å²) in [6.07, 6.45) is 1.21. The Balaban J connectivity index is 2.90. The molecule has 1 rings (SSSR count). The standard InChI is InChI=1S/C17H23NO3/c1-14-8-9-16(15(13-14)7-4-5-11-19)17(20)18(2)10-6-12-21-3/h8-9,13,19H,5-6,10-12H2,1-3H3. The molecule has 0 aliphatic carbocycles. The van der Waals surface area contributed by atoms with Crippen LogP contribution in [0.25, 0.3) is 0 Å². The van der Waals surface area contributed by atoms with E-state index in [1.807, 2.05) is 25.1 Å². The zero-order chi connectivity index (χ0) is 15.7. The van der Waals surface area contributed by atoms with Gasteiger partial charge in [-0.25, -0.2) is 0 Å². The van der Waals surface area contributed by atoms with Gasteiger partial charge in [0.25, 0.3) is 5.91 Å². The van der Waals surface area contributed by atoms with Gasteiger partial charge in [0.05, 0.1) is 12.2 Å². The second-order valence-corrected chi connectivity index (χ2v) is 4.90. The maximum atomic E-state index is 12.5. The minimum absolute atomic E-state index is 0.0268. The van der Waals surface area contributed by atoms with Crippen molar-refractivity contribution in [3.05, 3.63) is 34.9 Å². The molecule has 1 aromatic carbocycles. The van der Waals surface area contributed by atoms with Crippen LogP contribution in [0.1, 0.15) is 34.3 Å². The third-order valence-electron chi connectivity index (χ3n) is 3.05. The number of methoxy groups -OCH3 is 1. The molecule has 1 aromatic rings. The van der Waals surface area contributed by atoms with Gasteiger partial charge < -0.3 is 14.7 Å². The van der Waals surface area contributed by atoms with Crippen molar-refractivity contribution in [2.75, 3.05) is 33.9 Å². The number of nitrogens with zero attached hydrogens (tertiary/aromatic N) is 1. The number of aryl methyl sites for hydroxylation is 1. The highest BCUT2D eigenvalue weighted by molar-refractivity contribution is 5.96. The number of aliphatic hydroxyl groups excluding tert-OH is 1. The van der Waals surface area contributed by atoms with Crippen molar-refractivity contribution in [3.63, 3.8) is 0 Å². The van der Waals surface area contributed by atoms with Gasteiger partial charge in [0, 0.05) is 39.3 Å². The zero-order valence-electron chi connectivity index (χ0n) is 13.0. The lowest BCUT2D eigenvalue weighted by molar-refractivity contribution is 0.0779. The number of carbonyl (C=O) groups excluding carboxylic acids is 1. The molecular weight excluding hydrogens is 266 g/mol. The monoisotopic (exact) mass is 289 g/mol. The van der Waals surface area contributed by atoms with E-state index in [-0.39, 0.29) is 12.5 Å². The summed E-state index contributed by atoms with van der Waals surface area (Å²) in [6.45, 7) is 3.27. The molecule has 0 saturated heterocycles. The molecule has 4 heteroatoms. The Kier molecular flexibility index (Phi) is 7.52. The summed E-state index contributed by atoms with van der Waals surface area (Å²) in [5.74, 6) is 5.81. The van der Waals surface area contributed by atoms with E-state index in [0.717, 1.165) is 12.0 Å². The number of aliphatic hydroxyl groups is 1. The number of amides is 1. The number of carbonyl (C=O) groups is 1. The molecule has 1 amide bonds. The van der Waals surface area contributed by atoms with Gasteiger partial charge >= 0.3 is 0 Å². The van der Waals surface area contributed by atoms with Crippen LogP contribution in [0.5, 0.6) is 0 Å². The van der Waals surface area contributed by atoms with E-state index in [4.69, 9.17) is 9.84 Å². The predicted molar refractivity (Wildman–Crippen MR) is 83.2 cm³/mol. The van der Waals surface area contributed by atoms with Gasteiger partial charge in [-0.1, -0.05) is 17.9 Å². The first-order valence-corrected chi connectivity index (χ1v) is 7.05. The van der Waals surface area contributed by atoms with Gasteiger partial charge in [0.2, 0.25) is 0 Å². The molecule has 0 unspecified atom stereocenters. The van der Waals surface area contributed by atoms with E-state index in [2.05, 4.69) is 11.8 Å². The van der Waals surface area contributed by atoms with Crippen LogP contribution in [0.4, 0.5) is 0 Å². The third kappa shape index (κ3) is 5.58. The Morgan fingerprint density at radius 1 is 1.43 bits per heavy atom. The fourth-order valence-electron chi connectivity index (χ4n) is 1.91. The Bertz CT molecular complexity index is 529. The SMILES string of the molecule is COCCCN(C)C(=O)c1ccc(C)cc1C#CCCO. The third-order valence-corrected chi connectivity index (χ3v) is 3.05. The van der Waals surface area contributed by atoms with Crippen molar-refractivity contribution in [2.45, 2.75) is 19.8 Å². The average molecular weight is 289 g/mol. The van der Waals surface area contributed by atoms with Gasteiger partial charge in [0.1, 0.15) is 0 Å². The number of hydrogen-bond acceptors (Lipinski definition) is 3. The lowest BCUT2D eigenvalue weighted by Crippen LogP contribution is -2.29. The maximum absolute atomic E-state index is 12.5. The van der Waals surface area contributed by atoms with Crippen LogP contribution < -0.4 is 0 Å². The van der Waals surface area contributed by atoms with E-state index < -0.39 is 0 Å². The fraction of sp³-hybridized carbons (Fsp3) is 0.471. The highest BCUT2D eigenvalue weighted by Gasteiger charge is 2.14. The highest BCUT2D eigenvalue weighted by atomic mass is 16.5. The second-order valence-electron chi connectivity index (χ2n) is 4.90. The van der Waals surface area contributed by atoms with E-state index in [1.54, 1.807) is 19.1 Å². The number of hydrogen-bond donors (Lipinski definition) is 1. The van der Waals surface area contributed by atoms with Crippen LogP contribution in [-0.4, -0.2) is 49.8 Å². The fourth-order valence-corrected chi connectivity index (χ4v) is 1.91. The lowest BCUT2D eigenvalue weighted by Gasteiger charge is -2.18. The molecule has 0 bridgehead atoms. The zero-order valence-corrected chi connectivity index (χ0v) is 13.0. The molecule has 0 aliphatic rings. The van der Waals surface area contributed by atoms with E-state index in [1.165, 1.54) is 0 Å². The number of benzene rings is 1. The molecule has 0 fully saturated rings. The maximum Gasteiger partial charge on any atom is 0.254 e. The second kappa shape index (κ2) is 9.17. The summed E-state index contributed by atoms with van der Waals surface area (Å²) in [7, 11) is 3.43. The van der Waals surface area contributed by atoms with Crippen LogP contribution in [0.15, 0.2) is 18.2 Å². The van der Waals surface area contributed by atoms with Crippen molar-refractivity contribution in [2.24, 2.45) is 0 Å². The van der Waals surface area contributed by atoms with Crippen LogP contribution >= 0.6 is 0 Å². The quantitative estimate of drug-likeness (QED) is 0.642. The Morgan fingerprint density at radius 2 is 2.19 bits per heavy atom. The first-order chi connectivity index (χ1) is 10.1. The number of rotatable bonds is 6. The van der Waals surface area contributed by atoms with Gasteiger partial charge in [-0.15, -0.1) is 0 Å². The topological polar surface area (TPSA) is 49.8 Å². The molecule has 0 aliphatic heterocycles. The normalized spacial score (nSPS) is 9.90. The molecule has 0 heterocycles. The minimum Gasteiger partial charge on any atom is -0.395 e. The van der Waals surface area contributed by atoms with Crippen LogP contribution in [0, 0.1) is 18.8 Å². The molecule has 0 saturated carbocycles. The molecular formula is C17H23NO3. The summed E-state index contributed by atoms with van der Waals surface area (Å²) >= 11 is 0. The predicted octanol–water partition coefficient (Wildman–Crippen LogP) is 1.84. The lowest BCUT2D eigenvalue weighted by atomic mass is 10.0. The molecule has 0 atom stereocenters. The van der Waals surface area contributed by atoms with E-state index >= 15 is 0 Å². The molecule has 114 valence electrons. The van der Waals surface area contributed by atoms with Crippen LogP contribution in [-0.2, 0) is 4.74 Å². The minimum atomic E-state index is -0.0422. The first kappa shape index (κ1) is 17.2. The van der Waals surface area contributed by atoms with E-state index in [9.17, 15) is 4.79 Å². The van der Waals surface area contributed by atoms with E-state index in [0.29, 0.717) is 30.7 Å². The average Bonchev–Trinajstić information content (AvgIpc) is 2.47. The Labute approximate surface area is 126 Å². The highest BCUT2D eigenvalue weighted by Crippen LogP contribution is 2.13. The van der Waals surface area contributed by atoms with Crippen molar-refractivity contribution in [1.29, 1.82) is 0 Å². The summed E-state index contributed by atoms with van der Waals surface area (Å²) in [4.78, 5) is 14.2. The van der Waals surface area contributed by atoms with Crippen molar-refractivity contribution in [3.8, 4) is 11.8 Å². The summed E-state index contributed by atoms with van der Waals surface area (Å²) in [6, 6.07) is 5.63. The van der Waals surface area contributed by atoms with Crippen molar-refractivity contribution in [1.82, 2.24) is 4.90 Å². The molecule has 1 N–H and O–H groups in total. The van der Waals surface area contributed by atoms with Crippen LogP contribution in [0.2, 0.25) is 0 Å². The molecule has 0 spiro atoms. The van der Waals surface area contributed by atoms with Crippen molar-refractivity contribution >= 4 is 5.91 Å². The first-order valence-electron chi connectivity index (χ1n) is 7.05. The summed E-state index contributed by atoms with van der Waals surface area (Å²) in [5.41, 5.74) is 2.37. The summed E-state index contributed by atoms with van der Waals surface area (Å²) < 4.78 is 5.00. The van der Waals surface area contributed by atoms with Gasteiger partial charge in [-0.3, -0.25) is 4.79 Å². The smallest absolute Gasteiger partial charge is 0.254 e.